The third kappa shape index (κ3) is 3.60. The molecule has 0 amide bonds. The van der Waals surface area contributed by atoms with Crippen molar-refractivity contribution < 1.29 is 0 Å². The standard InChI is InChI=1S/C16H14ClN5S/c1-2-23-16-21-20-15(13-7-5-9-18-10-13)22(16)19-11-12-6-3-4-8-14(12)17/h3-11H,2H2,1H3. The molecule has 1 aromatic carbocycles. The predicted octanol–water partition coefficient (Wildman–Crippen LogP) is 3.99. The molecule has 7 heteroatoms. The first-order chi connectivity index (χ1) is 11.3. The highest BCUT2D eigenvalue weighted by molar-refractivity contribution is 7.99. The summed E-state index contributed by atoms with van der Waals surface area (Å²) in [6.45, 7) is 2.06. The largest absolute Gasteiger partial charge is 0.264 e. The lowest BCUT2D eigenvalue weighted by Gasteiger charge is -2.03. The molecule has 5 nitrogen and oxygen atoms in total. The van der Waals surface area contributed by atoms with E-state index in [4.69, 9.17) is 11.6 Å². The Balaban J connectivity index is 2.03. The summed E-state index contributed by atoms with van der Waals surface area (Å²) in [7, 11) is 0. The summed E-state index contributed by atoms with van der Waals surface area (Å²) < 4.78 is 1.72. The third-order valence-corrected chi connectivity index (χ3v) is 4.17. The Labute approximate surface area is 143 Å². The zero-order valence-electron chi connectivity index (χ0n) is 12.4. The second-order valence-corrected chi connectivity index (χ2v) is 6.20. The lowest BCUT2D eigenvalue weighted by molar-refractivity contribution is 0.773. The molecule has 0 spiro atoms. The Kier molecular flexibility index (Phi) is 5.05. The number of hydrogen-bond donors (Lipinski definition) is 0. The van der Waals surface area contributed by atoms with E-state index in [1.54, 1.807) is 35.0 Å². The van der Waals surface area contributed by atoms with E-state index < -0.39 is 0 Å². The van der Waals surface area contributed by atoms with Gasteiger partial charge in [-0.1, -0.05) is 48.5 Å². The Morgan fingerprint density at radius 3 is 2.83 bits per heavy atom. The smallest absolute Gasteiger partial charge is 0.212 e. The molecule has 0 atom stereocenters. The Morgan fingerprint density at radius 1 is 1.22 bits per heavy atom. The van der Waals surface area contributed by atoms with Crippen molar-refractivity contribution in [2.24, 2.45) is 5.10 Å². The summed E-state index contributed by atoms with van der Waals surface area (Å²) in [6, 6.07) is 11.3. The van der Waals surface area contributed by atoms with Crippen molar-refractivity contribution in [3.63, 3.8) is 0 Å². The summed E-state index contributed by atoms with van der Waals surface area (Å²) in [6.07, 6.45) is 5.18. The minimum Gasteiger partial charge on any atom is -0.264 e. The van der Waals surface area contributed by atoms with Crippen LogP contribution in [0.15, 0.2) is 59.0 Å². The maximum atomic E-state index is 6.18. The van der Waals surface area contributed by atoms with Crippen molar-refractivity contribution in [1.29, 1.82) is 0 Å². The molecule has 0 radical (unpaired) electrons. The first-order valence-corrected chi connectivity index (χ1v) is 8.43. The highest BCUT2D eigenvalue weighted by Gasteiger charge is 2.13. The fourth-order valence-corrected chi connectivity index (χ4v) is 2.76. The van der Waals surface area contributed by atoms with E-state index in [-0.39, 0.29) is 0 Å². The Bertz CT molecular complexity index is 816. The average molecular weight is 344 g/mol. The number of benzene rings is 1. The number of aromatic nitrogens is 4. The number of hydrogen-bond acceptors (Lipinski definition) is 5. The molecular weight excluding hydrogens is 330 g/mol. The monoisotopic (exact) mass is 343 g/mol. The number of halogens is 1. The van der Waals surface area contributed by atoms with Gasteiger partial charge in [0.2, 0.25) is 5.16 Å². The summed E-state index contributed by atoms with van der Waals surface area (Å²) >= 11 is 7.75. The lowest BCUT2D eigenvalue weighted by atomic mass is 10.2. The first-order valence-electron chi connectivity index (χ1n) is 7.07. The Hall–Kier alpha value is -2.18. The zero-order valence-corrected chi connectivity index (χ0v) is 14.0. The highest BCUT2D eigenvalue weighted by atomic mass is 35.5. The topological polar surface area (TPSA) is 56.0 Å². The molecule has 23 heavy (non-hydrogen) atoms. The molecule has 0 aliphatic carbocycles. The lowest BCUT2D eigenvalue weighted by Crippen LogP contribution is -1.97. The van der Waals surface area contributed by atoms with Crippen molar-refractivity contribution in [2.75, 3.05) is 5.75 Å². The zero-order chi connectivity index (χ0) is 16.1. The van der Waals surface area contributed by atoms with Crippen LogP contribution in [0.5, 0.6) is 0 Å². The molecule has 0 aliphatic heterocycles. The van der Waals surface area contributed by atoms with E-state index in [9.17, 15) is 0 Å². The van der Waals surface area contributed by atoms with Gasteiger partial charge in [0.1, 0.15) is 0 Å². The van der Waals surface area contributed by atoms with Gasteiger partial charge in [0.25, 0.3) is 0 Å². The molecule has 3 aromatic rings. The summed E-state index contributed by atoms with van der Waals surface area (Å²) in [5.74, 6) is 1.53. The van der Waals surface area contributed by atoms with Crippen molar-refractivity contribution >= 4 is 29.6 Å². The van der Waals surface area contributed by atoms with Gasteiger partial charge in [-0.2, -0.15) is 9.78 Å². The van der Waals surface area contributed by atoms with Gasteiger partial charge in [-0.25, -0.2) is 0 Å². The van der Waals surface area contributed by atoms with Crippen LogP contribution in [0.1, 0.15) is 12.5 Å². The van der Waals surface area contributed by atoms with Crippen LogP contribution < -0.4 is 0 Å². The van der Waals surface area contributed by atoms with Crippen LogP contribution in [-0.2, 0) is 0 Å². The van der Waals surface area contributed by atoms with Crippen LogP contribution in [0.4, 0.5) is 0 Å². The maximum absolute atomic E-state index is 6.18. The van der Waals surface area contributed by atoms with E-state index in [0.29, 0.717) is 10.8 Å². The number of thioether (sulfide) groups is 1. The van der Waals surface area contributed by atoms with Gasteiger partial charge < -0.3 is 0 Å². The quantitative estimate of drug-likeness (QED) is 0.519. The highest BCUT2D eigenvalue weighted by Crippen LogP contribution is 2.23. The predicted molar refractivity (Wildman–Crippen MR) is 94.1 cm³/mol. The number of pyridine rings is 1. The normalized spacial score (nSPS) is 11.2. The summed E-state index contributed by atoms with van der Waals surface area (Å²) in [5.41, 5.74) is 1.70. The van der Waals surface area contributed by atoms with Crippen LogP contribution >= 0.6 is 23.4 Å². The molecule has 0 saturated carbocycles. The van der Waals surface area contributed by atoms with Crippen molar-refractivity contribution in [3.8, 4) is 11.4 Å². The number of nitrogens with zero attached hydrogens (tertiary/aromatic N) is 5. The molecule has 0 bridgehead atoms. The first kappa shape index (κ1) is 15.7. The minimum absolute atomic E-state index is 0.650. The number of rotatable bonds is 5. The molecule has 2 aromatic heterocycles. The van der Waals surface area contributed by atoms with Crippen molar-refractivity contribution in [1.82, 2.24) is 19.9 Å². The van der Waals surface area contributed by atoms with Crippen LogP contribution in [0, 0.1) is 0 Å². The van der Waals surface area contributed by atoms with Crippen LogP contribution in [0.3, 0.4) is 0 Å². The summed E-state index contributed by atoms with van der Waals surface area (Å²) in [5, 5.41) is 14.4. The molecule has 3 rings (SSSR count). The molecule has 2 heterocycles. The van der Waals surface area contributed by atoms with Gasteiger partial charge in [-0.3, -0.25) is 4.98 Å². The molecule has 0 aliphatic rings. The second kappa shape index (κ2) is 7.39. The van der Waals surface area contributed by atoms with Crippen LogP contribution in [0.2, 0.25) is 5.02 Å². The maximum Gasteiger partial charge on any atom is 0.212 e. The van der Waals surface area contributed by atoms with E-state index in [2.05, 4.69) is 27.2 Å². The molecule has 0 fully saturated rings. The van der Waals surface area contributed by atoms with Gasteiger partial charge in [0.15, 0.2) is 5.82 Å². The van der Waals surface area contributed by atoms with Gasteiger partial charge in [-0.15, -0.1) is 10.2 Å². The average Bonchev–Trinajstić information content (AvgIpc) is 2.98. The van der Waals surface area contributed by atoms with Gasteiger partial charge in [0.05, 0.1) is 6.21 Å². The van der Waals surface area contributed by atoms with E-state index in [0.717, 1.165) is 22.0 Å². The van der Waals surface area contributed by atoms with Gasteiger partial charge >= 0.3 is 0 Å². The molecular formula is C16H14ClN5S. The van der Waals surface area contributed by atoms with E-state index in [1.807, 2.05) is 36.4 Å². The van der Waals surface area contributed by atoms with Gasteiger partial charge in [-0.05, 0) is 24.0 Å². The second-order valence-electron chi connectivity index (χ2n) is 4.56. The minimum atomic E-state index is 0.650. The fraction of sp³-hybridized carbons (Fsp3) is 0.125. The fourth-order valence-electron chi connectivity index (χ4n) is 1.96. The molecule has 0 saturated heterocycles. The van der Waals surface area contributed by atoms with Crippen molar-refractivity contribution in [3.05, 3.63) is 59.4 Å². The molecule has 0 N–H and O–H groups in total. The summed E-state index contributed by atoms with van der Waals surface area (Å²) in [4.78, 5) is 4.13. The van der Waals surface area contributed by atoms with Gasteiger partial charge in [0, 0.05) is 28.5 Å². The van der Waals surface area contributed by atoms with Crippen molar-refractivity contribution in [2.45, 2.75) is 12.1 Å². The van der Waals surface area contributed by atoms with Crippen LogP contribution in [-0.4, -0.2) is 31.8 Å². The third-order valence-electron chi connectivity index (χ3n) is 3.02. The molecule has 116 valence electrons. The SMILES string of the molecule is CCSc1nnc(-c2cccnc2)n1N=Cc1ccccc1Cl. The van der Waals surface area contributed by atoms with E-state index >= 15 is 0 Å². The van der Waals surface area contributed by atoms with Crippen LogP contribution in [0.25, 0.3) is 11.4 Å². The Morgan fingerprint density at radius 2 is 2.09 bits per heavy atom. The van der Waals surface area contributed by atoms with E-state index in [1.165, 1.54) is 0 Å². The molecule has 0 unspecified atom stereocenters.